The highest BCUT2D eigenvalue weighted by Crippen LogP contribution is 2.26. The van der Waals surface area contributed by atoms with E-state index in [1.165, 1.54) is 6.07 Å². The number of hydrogen-bond acceptors (Lipinski definition) is 6. The smallest absolute Gasteiger partial charge is 0.309 e. The number of hydrogen-bond donors (Lipinski definition) is 1. The van der Waals surface area contributed by atoms with Crippen molar-refractivity contribution in [3.63, 3.8) is 0 Å². The predicted octanol–water partition coefficient (Wildman–Crippen LogP) is 0.788. The molecule has 2 aliphatic rings. The van der Waals surface area contributed by atoms with Crippen LogP contribution in [0.15, 0.2) is 17.1 Å². The maximum Gasteiger partial charge on any atom is 0.309 e. The largest absolute Gasteiger partial charge is 0.466 e. The van der Waals surface area contributed by atoms with Gasteiger partial charge in [0.2, 0.25) is 5.91 Å². The standard InChI is InChI=1S/C18H26N4O4/c1-2-26-18(25)13-5-8-21(9-6-13)17(24)14-4-3-7-22(12-14)15-10-16(23)20-19-11-15/h10-11,13-14H,2-9,12H2,1H3,(H,20,23)/t14-/m1/s1. The fraction of sp³-hybridized carbons (Fsp3) is 0.667. The zero-order valence-corrected chi connectivity index (χ0v) is 15.1. The first-order chi connectivity index (χ1) is 12.6. The molecule has 0 unspecified atom stereocenters. The van der Waals surface area contributed by atoms with Gasteiger partial charge >= 0.3 is 5.97 Å². The molecule has 3 rings (SSSR count). The van der Waals surface area contributed by atoms with Gasteiger partial charge in [0.25, 0.3) is 5.56 Å². The van der Waals surface area contributed by atoms with Crippen molar-refractivity contribution in [1.82, 2.24) is 15.1 Å². The topological polar surface area (TPSA) is 95.6 Å². The lowest BCUT2D eigenvalue weighted by Gasteiger charge is -2.38. The van der Waals surface area contributed by atoms with E-state index >= 15 is 0 Å². The molecule has 8 heteroatoms. The van der Waals surface area contributed by atoms with Crippen molar-refractivity contribution >= 4 is 17.6 Å². The van der Waals surface area contributed by atoms with Crippen LogP contribution in [0.25, 0.3) is 0 Å². The number of piperidine rings is 2. The highest BCUT2D eigenvalue weighted by molar-refractivity contribution is 5.80. The van der Waals surface area contributed by atoms with E-state index in [2.05, 4.69) is 15.1 Å². The number of aromatic nitrogens is 2. The summed E-state index contributed by atoms with van der Waals surface area (Å²) in [7, 11) is 0. The highest BCUT2D eigenvalue weighted by Gasteiger charge is 2.33. The number of nitrogens with zero attached hydrogens (tertiary/aromatic N) is 3. The van der Waals surface area contributed by atoms with E-state index in [0.29, 0.717) is 39.1 Å². The molecule has 2 fully saturated rings. The number of nitrogens with one attached hydrogen (secondary N) is 1. The van der Waals surface area contributed by atoms with Crippen molar-refractivity contribution in [3.05, 3.63) is 22.6 Å². The Hall–Kier alpha value is -2.38. The summed E-state index contributed by atoms with van der Waals surface area (Å²) in [6.07, 6.45) is 4.71. The Balaban J connectivity index is 1.56. The minimum atomic E-state index is -0.239. The number of ether oxygens (including phenoxy) is 1. The predicted molar refractivity (Wildman–Crippen MR) is 95.7 cm³/mol. The van der Waals surface area contributed by atoms with E-state index in [-0.39, 0.29) is 29.3 Å². The Kier molecular flexibility index (Phi) is 5.90. The number of carbonyl (C=O) groups is 2. The molecule has 1 atom stereocenters. The van der Waals surface area contributed by atoms with Crippen LogP contribution in [0.5, 0.6) is 0 Å². The summed E-state index contributed by atoms with van der Waals surface area (Å²) in [4.78, 5) is 40.1. The minimum Gasteiger partial charge on any atom is -0.466 e. The highest BCUT2D eigenvalue weighted by atomic mass is 16.5. The Bertz CT molecular complexity index is 696. The van der Waals surface area contributed by atoms with Crippen LogP contribution < -0.4 is 10.5 Å². The molecule has 8 nitrogen and oxygen atoms in total. The summed E-state index contributed by atoms with van der Waals surface area (Å²) >= 11 is 0. The quantitative estimate of drug-likeness (QED) is 0.796. The van der Waals surface area contributed by atoms with E-state index in [1.807, 2.05) is 11.8 Å². The molecule has 0 aromatic carbocycles. The van der Waals surface area contributed by atoms with Gasteiger partial charge in [0.15, 0.2) is 0 Å². The number of amides is 1. The summed E-state index contributed by atoms with van der Waals surface area (Å²) in [6, 6.07) is 1.52. The van der Waals surface area contributed by atoms with Gasteiger partial charge in [-0.05, 0) is 32.6 Å². The van der Waals surface area contributed by atoms with E-state index < -0.39 is 0 Å². The molecule has 1 aromatic rings. The molecule has 26 heavy (non-hydrogen) atoms. The summed E-state index contributed by atoms with van der Waals surface area (Å²) in [6.45, 7) is 4.83. The third-order valence-electron chi connectivity index (χ3n) is 5.21. The maximum atomic E-state index is 12.9. The monoisotopic (exact) mass is 362 g/mol. The minimum absolute atomic E-state index is 0.0813. The summed E-state index contributed by atoms with van der Waals surface area (Å²) < 4.78 is 5.08. The van der Waals surface area contributed by atoms with Crippen LogP contribution in [-0.2, 0) is 14.3 Å². The van der Waals surface area contributed by atoms with Crippen LogP contribution in [0.1, 0.15) is 32.6 Å². The van der Waals surface area contributed by atoms with Gasteiger partial charge in [0.1, 0.15) is 0 Å². The normalized spacial score (nSPS) is 21.5. The maximum absolute atomic E-state index is 12.9. The second-order valence-corrected chi connectivity index (χ2v) is 6.94. The van der Waals surface area contributed by atoms with Gasteiger partial charge in [-0.15, -0.1) is 0 Å². The van der Waals surface area contributed by atoms with Gasteiger partial charge in [0, 0.05) is 32.2 Å². The van der Waals surface area contributed by atoms with Crippen LogP contribution in [0, 0.1) is 11.8 Å². The van der Waals surface area contributed by atoms with Crippen LogP contribution >= 0.6 is 0 Å². The van der Waals surface area contributed by atoms with E-state index in [4.69, 9.17) is 4.74 Å². The number of rotatable bonds is 4. The third-order valence-corrected chi connectivity index (χ3v) is 5.21. The van der Waals surface area contributed by atoms with Crippen molar-refractivity contribution in [1.29, 1.82) is 0 Å². The van der Waals surface area contributed by atoms with E-state index in [9.17, 15) is 14.4 Å². The van der Waals surface area contributed by atoms with Crippen LogP contribution in [0.4, 0.5) is 5.69 Å². The number of carbonyl (C=O) groups excluding carboxylic acids is 2. The SMILES string of the molecule is CCOC(=O)C1CCN(C(=O)[C@@H]2CCCN(c3cn[nH]c(=O)c3)C2)CC1. The van der Waals surface area contributed by atoms with E-state index in [1.54, 1.807) is 6.20 Å². The van der Waals surface area contributed by atoms with Gasteiger partial charge in [-0.3, -0.25) is 14.4 Å². The number of likely N-dealkylation sites (tertiary alicyclic amines) is 1. The summed E-state index contributed by atoms with van der Waals surface area (Å²) in [5, 5.41) is 6.21. The molecule has 0 saturated carbocycles. The van der Waals surface area contributed by atoms with Crippen LogP contribution in [-0.4, -0.2) is 59.8 Å². The second-order valence-electron chi connectivity index (χ2n) is 6.94. The zero-order valence-electron chi connectivity index (χ0n) is 15.1. The molecule has 0 bridgehead atoms. The molecule has 142 valence electrons. The molecule has 0 aliphatic carbocycles. The van der Waals surface area contributed by atoms with Crippen molar-refractivity contribution in [3.8, 4) is 0 Å². The van der Waals surface area contributed by atoms with Gasteiger partial charge in [-0.2, -0.15) is 5.10 Å². The molecule has 0 spiro atoms. The van der Waals surface area contributed by atoms with Gasteiger partial charge in [-0.1, -0.05) is 0 Å². The fourth-order valence-electron chi connectivity index (χ4n) is 3.81. The van der Waals surface area contributed by atoms with Gasteiger partial charge in [-0.25, -0.2) is 5.10 Å². The number of aromatic amines is 1. The average Bonchev–Trinajstić information content (AvgIpc) is 2.68. The first-order valence-corrected chi connectivity index (χ1v) is 9.33. The molecular formula is C18H26N4O4. The number of H-pyrrole nitrogens is 1. The van der Waals surface area contributed by atoms with Crippen molar-refractivity contribution in [2.24, 2.45) is 11.8 Å². The van der Waals surface area contributed by atoms with Crippen molar-refractivity contribution < 1.29 is 14.3 Å². The first kappa shape index (κ1) is 18.4. The first-order valence-electron chi connectivity index (χ1n) is 9.33. The third kappa shape index (κ3) is 4.23. The molecule has 2 aliphatic heterocycles. The lowest BCUT2D eigenvalue weighted by atomic mass is 9.92. The van der Waals surface area contributed by atoms with E-state index in [0.717, 1.165) is 25.1 Å². The fourth-order valence-corrected chi connectivity index (χ4v) is 3.81. The molecule has 1 amide bonds. The van der Waals surface area contributed by atoms with Crippen molar-refractivity contribution in [2.45, 2.75) is 32.6 Å². The Morgan fingerprint density at radius 1 is 1.23 bits per heavy atom. The second kappa shape index (κ2) is 8.33. The molecular weight excluding hydrogens is 336 g/mol. The van der Waals surface area contributed by atoms with Gasteiger partial charge in [0.05, 0.1) is 30.3 Å². The Labute approximate surface area is 152 Å². The van der Waals surface area contributed by atoms with Crippen molar-refractivity contribution in [2.75, 3.05) is 37.7 Å². The molecule has 1 N–H and O–H groups in total. The number of esters is 1. The summed E-state index contributed by atoms with van der Waals surface area (Å²) in [5.41, 5.74) is 0.518. The van der Waals surface area contributed by atoms with Crippen LogP contribution in [0.2, 0.25) is 0 Å². The summed E-state index contributed by atoms with van der Waals surface area (Å²) in [5.74, 6) is -0.175. The molecule has 2 saturated heterocycles. The molecule has 0 radical (unpaired) electrons. The zero-order chi connectivity index (χ0) is 18.5. The average molecular weight is 362 g/mol. The van der Waals surface area contributed by atoms with Gasteiger partial charge < -0.3 is 14.5 Å². The Morgan fingerprint density at radius 3 is 2.69 bits per heavy atom. The lowest BCUT2D eigenvalue weighted by Crippen LogP contribution is -2.48. The Morgan fingerprint density at radius 2 is 2.00 bits per heavy atom. The van der Waals surface area contributed by atoms with Crippen LogP contribution in [0.3, 0.4) is 0 Å². The number of anilines is 1. The molecule has 3 heterocycles. The molecule has 1 aromatic heterocycles. The lowest BCUT2D eigenvalue weighted by molar-refractivity contribution is -0.151.